The van der Waals surface area contributed by atoms with Crippen molar-refractivity contribution >= 4 is 29.9 Å². The van der Waals surface area contributed by atoms with Crippen molar-refractivity contribution in [2.75, 3.05) is 20.7 Å². The van der Waals surface area contributed by atoms with Crippen LogP contribution in [-0.4, -0.2) is 26.7 Å². The Morgan fingerprint density at radius 3 is 2.57 bits per heavy atom. The van der Waals surface area contributed by atoms with E-state index in [2.05, 4.69) is 58.1 Å². The van der Waals surface area contributed by atoms with Crippen molar-refractivity contribution in [2.24, 2.45) is 4.99 Å². The molecule has 3 rings (SSSR count). The number of rotatable bonds is 3. The summed E-state index contributed by atoms with van der Waals surface area (Å²) in [4.78, 5) is 4.10. The van der Waals surface area contributed by atoms with E-state index in [0.29, 0.717) is 0 Å². The largest absolute Gasteiger partial charge is 0.493 e. The molecule has 0 amide bonds. The van der Waals surface area contributed by atoms with Crippen LogP contribution in [-0.2, 0) is 13.0 Å². The van der Waals surface area contributed by atoms with Crippen LogP contribution in [0.1, 0.15) is 11.1 Å². The van der Waals surface area contributed by atoms with Gasteiger partial charge in [-0.3, -0.25) is 4.99 Å². The minimum atomic E-state index is 0. The van der Waals surface area contributed by atoms with Gasteiger partial charge in [-0.1, -0.05) is 30.3 Å². The van der Waals surface area contributed by atoms with Crippen LogP contribution in [0.4, 0.5) is 0 Å². The molecule has 122 valence electrons. The molecule has 23 heavy (non-hydrogen) atoms. The topological polar surface area (TPSA) is 45.7 Å². The number of hydrogen-bond donors (Lipinski definition) is 2. The van der Waals surface area contributed by atoms with Gasteiger partial charge in [-0.2, -0.15) is 0 Å². The van der Waals surface area contributed by atoms with Crippen molar-refractivity contribution in [3.63, 3.8) is 0 Å². The summed E-state index contributed by atoms with van der Waals surface area (Å²) < 4.78 is 5.56. The molecule has 0 atom stereocenters. The highest BCUT2D eigenvalue weighted by Crippen LogP contribution is 2.30. The maximum atomic E-state index is 5.56. The zero-order valence-corrected chi connectivity index (χ0v) is 15.8. The molecular formula is C18H22IN3O. The minimum absolute atomic E-state index is 0. The van der Waals surface area contributed by atoms with Gasteiger partial charge in [-0.25, -0.2) is 0 Å². The van der Waals surface area contributed by atoms with E-state index in [-0.39, 0.29) is 24.0 Å². The minimum Gasteiger partial charge on any atom is -0.493 e. The van der Waals surface area contributed by atoms with Gasteiger partial charge in [0.25, 0.3) is 0 Å². The molecule has 1 aliphatic rings. The Bertz CT molecular complexity index is 683. The van der Waals surface area contributed by atoms with Gasteiger partial charge in [0.05, 0.1) is 6.61 Å². The molecule has 0 saturated heterocycles. The quantitative estimate of drug-likeness (QED) is 0.453. The number of ether oxygens (including phenoxy) is 1. The van der Waals surface area contributed by atoms with E-state index in [9.17, 15) is 0 Å². The van der Waals surface area contributed by atoms with Crippen LogP contribution in [0.2, 0.25) is 0 Å². The molecule has 1 heterocycles. The van der Waals surface area contributed by atoms with E-state index in [0.717, 1.165) is 31.3 Å². The summed E-state index contributed by atoms with van der Waals surface area (Å²) in [6.45, 7) is 1.56. The Labute approximate surface area is 154 Å². The lowest BCUT2D eigenvalue weighted by molar-refractivity contribution is 0.357. The third kappa shape index (κ3) is 4.16. The SMILES string of the molecule is CN=C(NC)NCc1ccc(-c2ccc3c(c2)CCO3)cc1.I. The second-order valence-corrected chi connectivity index (χ2v) is 5.29. The number of halogens is 1. The second kappa shape index (κ2) is 8.19. The molecule has 0 aromatic heterocycles. The van der Waals surface area contributed by atoms with Crippen LogP contribution in [0.3, 0.4) is 0 Å². The van der Waals surface area contributed by atoms with Gasteiger partial charge in [0.15, 0.2) is 5.96 Å². The van der Waals surface area contributed by atoms with E-state index < -0.39 is 0 Å². The van der Waals surface area contributed by atoms with Gasteiger partial charge >= 0.3 is 0 Å². The van der Waals surface area contributed by atoms with Crippen LogP contribution in [0.25, 0.3) is 11.1 Å². The van der Waals surface area contributed by atoms with Gasteiger partial charge < -0.3 is 15.4 Å². The standard InChI is InChI=1S/C18H21N3O.HI/c1-19-18(20-2)21-12-13-3-5-14(6-4-13)15-7-8-17-16(11-15)9-10-22-17;/h3-8,11H,9-10,12H2,1-2H3,(H2,19,20,21);1H. The van der Waals surface area contributed by atoms with E-state index in [1.165, 1.54) is 22.3 Å². The van der Waals surface area contributed by atoms with Gasteiger partial charge in [-0.15, -0.1) is 24.0 Å². The molecule has 2 aromatic carbocycles. The average molecular weight is 423 g/mol. The molecule has 0 aliphatic carbocycles. The van der Waals surface area contributed by atoms with Gasteiger partial charge in [0.2, 0.25) is 0 Å². The van der Waals surface area contributed by atoms with Crippen molar-refractivity contribution in [3.8, 4) is 16.9 Å². The van der Waals surface area contributed by atoms with E-state index in [4.69, 9.17) is 4.74 Å². The van der Waals surface area contributed by atoms with Crippen LogP contribution >= 0.6 is 24.0 Å². The predicted molar refractivity (Wildman–Crippen MR) is 106 cm³/mol. The predicted octanol–water partition coefficient (Wildman–Crippen LogP) is 3.20. The fourth-order valence-corrected chi connectivity index (χ4v) is 2.65. The molecule has 2 aromatic rings. The summed E-state index contributed by atoms with van der Waals surface area (Å²) in [6, 6.07) is 15.1. The lowest BCUT2D eigenvalue weighted by Crippen LogP contribution is -2.34. The summed E-state index contributed by atoms with van der Waals surface area (Å²) in [6.07, 6.45) is 1.01. The molecule has 4 nitrogen and oxygen atoms in total. The fourth-order valence-electron chi connectivity index (χ4n) is 2.65. The van der Waals surface area contributed by atoms with Crippen molar-refractivity contribution < 1.29 is 4.74 Å². The summed E-state index contributed by atoms with van der Waals surface area (Å²) in [5, 5.41) is 6.26. The zero-order chi connectivity index (χ0) is 15.4. The van der Waals surface area contributed by atoms with Crippen molar-refractivity contribution in [1.82, 2.24) is 10.6 Å². The Kier molecular flexibility index (Phi) is 6.27. The maximum Gasteiger partial charge on any atom is 0.190 e. The fraction of sp³-hybridized carbons (Fsp3) is 0.278. The third-order valence-corrected chi connectivity index (χ3v) is 3.90. The van der Waals surface area contributed by atoms with Crippen LogP contribution in [0, 0.1) is 0 Å². The first-order chi connectivity index (χ1) is 10.8. The zero-order valence-electron chi connectivity index (χ0n) is 13.4. The number of nitrogens with zero attached hydrogens (tertiary/aromatic N) is 1. The van der Waals surface area contributed by atoms with Crippen LogP contribution in [0.15, 0.2) is 47.5 Å². The van der Waals surface area contributed by atoms with Crippen LogP contribution < -0.4 is 15.4 Å². The lowest BCUT2D eigenvalue weighted by atomic mass is 10.0. The van der Waals surface area contributed by atoms with E-state index in [1.807, 2.05) is 7.05 Å². The molecule has 5 heteroatoms. The van der Waals surface area contributed by atoms with E-state index in [1.54, 1.807) is 7.05 Å². The molecule has 0 spiro atoms. The molecular weight excluding hydrogens is 401 g/mol. The molecule has 0 bridgehead atoms. The first kappa shape index (κ1) is 17.6. The highest BCUT2D eigenvalue weighted by atomic mass is 127. The number of benzene rings is 2. The molecule has 0 unspecified atom stereocenters. The Morgan fingerprint density at radius 1 is 1.13 bits per heavy atom. The Morgan fingerprint density at radius 2 is 1.87 bits per heavy atom. The molecule has 0 fully saturated rings. The highest BCUT2D eigenvalue weighted by molar-refractivity contribution is 14.0. The first-order valence-electron chi connectivity index (χ1n) is 7.53. The van der Waals surface area contributed by atoms with Gasteiger partial charge in [0, 0.05) is 27.1 Å². The maximum absolute atomic E-state index is 5.56. The molecule has 0 radical (unpaired) electrons. The smallest absolute Gasteiger partial charge is 0.190 e. The number of fused-ring (bicyclic) bond motifs is 1. The lowest BCUT2D eigenvalue weighted by Gasteiger charge is -2.09. The van der Waals surface area contributed by atoms with Gasteiger partial charge in [0.1, 0.15) is 5.75 Å². The molecule has 2 N–H and O–H groups in total. The molecule has 0 saturated carbocycles. The first-order valence-corrected chi connectivity index (χ1v) is 7.53. The monoisotopic (exact) mass is 423 g/mol. The van der Waals surface area contributed by atoms with Crippen molar-refractivity contribution in [1.29, 1.82) is 0 Å². The van der Waals surface area contributed by atoms with E-state index >= 15 is 0 Å². The van der Waals surface area contributed by atoms with Crippen molar-refractivity contribution in [3.05, 3.63) is 53.6 Å². The molecule has 1 aliphatic heterocycles. The second-order valence-electron chi connectivity index (χ2n) is 5.29. The summed E-state index contributed by atoms with van der Waals surface area (Å²) in [7, 11) is 3.62. The average Bonchev–Trinajstić information content (AvgIpc) is 3.04. The van der Waals surface area contributed by atoms with Gasteiger partial charge in [-0.05, 0) is 34.4 Å². The summed E-state index contributed by atoms with van der Waals surface area (Å²) in [5.41, 5.74) is 5.01. The number of guanidine groups is 1. The number of hydrogen-bond acceptors (Lipinski definition) is 2. The number of nitrogens with one attached hydrogen (secondary N) is 2. The highest BCUT2D eigenvalue weighted by Gasteiger charge is 2.12. The summed E-state index contributed by atoms with van der Waals surface area (Å²) >= 11 is 0. The summed E-state index contributed by atoms with van der Waals surface area (Å²) in [5.74, 6) is 1.82. The Balaban J connectivity index is 0.00000192. The number of aliphatic imine (C=N–C) groups is 1. The van der Waals surface area contributed by atoms with Crippen molar-refractivity contribution in [2.45, 2.75) is 13.0 Å². The third-order valence-electron chi connectivity index (χ3n) is 3.90. The normalized spacial score (nSPS) is 12.9. The Hall–Kier alpha value is -1.76. The van der Waals surface area contributed by atoms with Crippen LogP contribution in [0.5, 0.6) is 5.75 Å².